The van der Waals surface area contributed by atoms with Gasteiger partial charge in [-0.1, -0.05) is 28.6 Å². The fraction of sp³-hybridized carbons (Fsp3) is 0.273. The molecule has 0 atom stereocenters. The second-order valence-electron chi connectivity index (χ2n) is 7.00. The quantitative estimate of drug-likeness (QED) is 0.465. The summed E-state index contributed by atoms with van der Waals surface area (Å²) in [6.07, 6.45) is 3.01. The minimum atomic E-state index is -2.93. The molecule has 0 radical (unpaired) electrons. The van der Waals surface area contributed by atoms with Gasteiger partial charge in [-0.2, -0.15) is 0 Å². The molecule has 29 heavy (non-hydrogen) atoms. The fourth-order valence-corrected chi connectivity index (χ4v) is 3.59. The minimum absolute atomic E-state index is 0.111. The van der Waals surface area contributed by atoms with E-state index in [4.69, 9.17) is 0 Å². The molecule has 0 fully saturated rings. The number of halogens is 3. The zero-order valence-corrected chi connectivity index (χ0v) is 18.4. The molecule has 1 N–H and O–H groups in total. The first kappa shape index (κ1) is 21.2. The normalized spacial score (nSPS) is 11.6. The van der Waals surface area contributed by atoms with Crippen LogP contribution in [0.5, 0.6) is 0 Å². The SMILES string of the molecule is C=C(c1ncc2cc(Br)ccc2c1NCC)N(C)c1ncc(C(C)(F)F)cc1C. The second-order valence-corrected chi connectivity index (χ2v) is 7.92. The van der Waals surface area contributed by atoms with Gasteiger partial charge in [-0.15, -0.1) is 0 Å². The molecule has 0 amide bonds. The van der Waals surface area contributed by atoms with E-state index in [1.54, 1.807) is 18.0 Å². The van der Waals surface area contributed by atoms with Crippen LogP contribution in [0.4, 0.5) is 20.3 Å². The zero-order chi connectivity index (χ0) is 21.3. The van der Waals surface area contributed by atoms with E-state index in [0.717, 1.165) is 34.4 Å². The van der Waals surface area contributed by atoms with E-state index in [0.29, 0.717) is 22.8 Å². The average molecular weight is 461 g/mol. The predicted octanol–water partition coefficient (Wildman–Crippen LogP) is 6.35. The van der Waals surface area contributed by atoms with Gasteiger partial charge >= 0.3 is 0 Å². The van der Waals surface area contributed by atoms with Crippen molar-refractivity contribution < 1.29 is 8.78 Å². The van der Waals surface area contributed by atoms with E-state index < -0.39 is 5.92 Å². The predicted molar refractivity (Wildman–Crippen MR) is 120 cm³/mol. The lowest BCUT2D eigenvalue weighted by Crippen LogP contribution is -2.20. The number of hydrogen-bond acceptors (Lipinski definition) is 4. The molecule has 7 heteroatoms. The molecule has 2 aromatic heterocycles. The Balaban J connectivity index is 2.05. The van der Waals surface area contributed by atoms with Crippen LogP contribution in [-0.4, -0.2) is 23.6 Å². The Kier molecular flexibility index (Phi) is 5.89. The monoisotopic (exact) mass is 460 g/mol. The molecule has 0 saturated carbocycles. The Hall–Kier alpha value is -2.54. The number of benzene rings is 1. The first-order chi connectivity index (χ1) is 13.6. The van der Waals surface area contributed by atoms with Crippen LogP contribution < -0.4 is 10.2 Å². The first-order valence-corrected chi connectivity index (χ1v) is 10.0. The van der Waals surface area contributed by atoms with Crippen molar-refractivity contribution in [1.29, 1.82) is 0 Å². The number of pyridine rings is 2. The highest BCUT2D eigenvalue weighted by Crippen LogP contribution is 2.35. The number of fused-ring (bicyclic) bond motifs is 1. The van der Waals surface area contributed by atoms with Gasteiger partial charge in [0, 0.05) is 53.7 Å². The summed E-state index contributed by atoms with van der Waals surface area (Å²) in [5.41, 5.74) is 2.72. The van der Waals surface area contributed by atoms with Crippen LogP contribution in [-0.2, 0) is 5.92 Å². The van der Waals surface area contributed by atoms with Crippen LogP contribution in [0, 0.1) is 6.92 Å². The summed E-state index contributed by atoms with van der Waals surface area (Å²) >= 11 is 3.49. The van der Waals surface area contributed by atoms with Crippen LogP contribution in [0.3, 0.4) is 0 Å². The van der Waals surface area contributed by atoms with Gasteiger partial charge in [0.2, 0.25) is 0 Å². The molecule has 0 spiro atoms. The van der Waals surface area contributed by atoms with Crippen molar-refractivity contribution in [2.75, 3.05) is 23.8 Å². The number of aryl methyl sites for hydroxylation is 1. The largest absolute Gasteiger partial charge is 0.383 e. The highest BCUT2D eigenvalue weighted by Gasteiger charge is 2.26. The van der Waals surface area contributed by atoms with Gasteiger partial charge in [-0.05, 0) is 37.6 Å². The van der Waals surface area contributed by atoms with Gasteiger partial charge in [-0.3, -0.25) is 4.98 Å². The maximum absolute atomic E-state index is 13.6. The standard InChI is InChI=1S/C22H23BrF2N4/c1-6-26-20-18-8-7-17(23)10-15(18)11-27-19(20)14(3)29(5)21-13(2)9-16(12-28-21)22(4,24)25/h7-12,26H,3,6H2,1-2,4-5H3. The van der Waals surface area contributed by atoms with Crippen molar-refractivity contribution in [2.24, 2.45) is 0 Å². The van der Waals surface area contributed by atoms with E-state index in [1.807, 2.05) is 32.2 Å². The van der Waals surface area contributed by atoms with Crippen molar-refractivity contribution in [3.8, 4) is 0 Å². The number of rotatable bonds is 6. The van der Waals surface area contributed by atoms with Crippen molar-refractivity contribution in [2.45, 2.75) is 26.7 Å². The Bertz CT molecular complexity index is 1080. The lowest BCUT2D eigenvalue weighted by molar-refractivity contribution is 0.0171. The third-order valence-corrected chi connectivity index (χ3v) is 5.25. The lowest BCUT2D eigenvalue weighted by atomic mass is 10.1. The van der Waals surface area contributed by atoms with Gasteiger partial charge < -0.3 is 10.2 Å². The van der Waals surface area contributed by atoms with E-state index in [2.05, 4.69) is 37.8 Å². The third kappa shape index (κ3) is 4.24. The molecule has 1 aromatic carbocycles. The molecule has 0 aliphatic rings. The molecule has 3 aromatic rings. The van der Waals surface area contributed by atoms with E-state index in [-0.39, 0.29) is 5.56 Å². The summed E-state index contributed by atoms with van der Waals surface area (Å²) in [6, 6.07) is 7.48. The molecule has 4 nitrogen and oxygen atoms in total. The summed E-state index contributed by atoms with van der Waals surface area (Å²) in [6.45, 7) is 9.57. The van der Waals surface area contributed by atoms with Crippen molar-refractivity contribution in [3.63, 3.8) is 0 Å². The lowest BCUT2D eigenvalue weighted by Gasteiger charge is -2.25. The molecule has 0 aliphatic carbocycles. The number of aromatic nitrogens is 2. The number of anilines is 2. The maximum atomic E-state index is 13.6. The third-order valence-electron chi connectivity index (χ3n) is 4.76. The summed E-state index contributed by atoms with van der Waals surface area (Å²) in [4.78, 5) is 10.7. The number of nitrogens with zero attached hydrogens (tertiary/aromatic N) is 3. The molecular formula is C22H23BrF2N4. The Labute approximate surface area is 177 Å². The van der Waals surface area contributed by atoms with Gasteiger partial charge in [0.15, 0.2) is 0 Å². The van der Waals surface area contributed by atoms with Crippen LogP contribution in [0.25, 0.3) is 16.5 Å². The molecule has 0 saturated heterocycles. The number of hydrogen-bond donors (Lipinski definition) is 1. The Morgan fingerprint density at radius 3 is 2.59 bits per heavy atom. The molecule has 3 rings (SSSR count). The van der Waals surface area contributed by atoms with Crippen LogP contribution >= 0.6 is 15.9 Å². The summed E-state index contributed by atoms with van der Waals surface area (Å²) in [5.74, 6) is -2.37. The molecule has 0 unspecified atom stereocenters. The van der Waals surface area contributed by atoms with Crippen LogP contribution in [0.15, 0.2) is 47.7 Å². The minimum Gasteiger partial charge on any atom is -0.383 e. The second kappa shape index (κ2) is 8.06. The van der Waals surface area contributed by atoms with Gasteiger partial charge in [0.05, 0.1) is 11.4 Å². The topological polar surface area (TPSA) is 41.1 Å². The van der Waals surface area contributed by atoms with Crippen molar-refractivity contribution >= 4 is 43.9 Å². The van der Waals surface area contributed by atoms with Crippen molar-refractivity contribution in [1.82, 2.24) is 9.97 Å². The highest BCUT2D eigenvalue weighted by atomic mass is 79.9. The first-order valence-electron chi connectivity index (χ1n) is 9.23. The number of nitrogens with one attached hydrogen (secondary N) is 1. The summed E-state index contributed by atoms with van der Waals surface area (Å²) in [7, 11) is 1.81. The van der Waals surface area contributed by atoms with Gasteiger partial charge in [0.25, 0.3) is 5.92 Å². The Morgan fingerprint density at radius 1 is 1.24 bits per heavy atom. The average Bonchev–Trinajstić information content (AvgIpc) is 2.66. The molecule has 0 bridgehead atoms. The molecule has 0 aliphatic heterocycles. The smallest absolute Gasteiger partial charge is 0.272 e. The van der Waals surface area contributed by atoms with E-state index in [1.165, 1.54) is 12.3 Å². The molecular weight excluding hydrogens is 438 g/mol. The summed E-state index contributed by atoms with van der Waals surface area (Å²) in [5, 5.41) is 5.41. The van der Waals surface area contributed by atoms with Crippen molar-refractivity contribution in [3.05, 3.63) is 64.5 Å². The van der Waals surface area contributed by atoms with E-state index >= 15 is 0 Å². The van der Waals surface area contributed by atoms with Crippen LogP contribution in [0.1, 0.15) is 30.7 Å². The molecule has 152 valence electrons. The van der Waals surface area contributed by atoms with Gasteiger partial charge in [0.1, 0.15) is 11.5 Å². The molecule has 2 heterocycles. The maximum Gasteiger partial charge on any atom is 0.272 e. The van der Waals surface area contributed by atoms with E-state index in [9.17, 15) is 8.78 Å². The highest BCUT2D eigenvalue weighted by molar-refractivity contribution is 9.10. The zero-order valence-electron chi connectivity index (χ0n) is 16.9. The van der Waals surface area contributed by atoms with Crippen LogP contribution in [0.2, 0.25) is 0 Å². The number of alkyl halides is 2. The summed E-state index contributed by atoms with van der Waals surface area (Å²) < 4.78 is 28.2. The van der Waals surface area contributed by atoms with Gasteiger partial charge in [-0.25, -0.2) is 13.8 Å². The Morgan fingerprint density at radius 2 is 1.97 bits per heavy atom. The fourth-order valence-electron chi connectivity index (χ4n) is 3.21.